The van der Waals surface area contributed by atoms with Gasteiger partial charge in [0, 0.05) is 24.8 Å². The summed E-state index contributed by atoms with van der Waals surface area (Å²) in [7, 11) is -3.75. The second-order valence-electron chi connectivity index (χ2n) is 6.88. The molecule has 0 radical (unpaired) electrons. The number of likely N-dealkylation sites (tertiary alicyclic amines) is 1. The number of fused-ring (bicyclic) bond motifs is 1. The van der Waals surface area contributed by atoms with E-state index in [0.717, 1.165) is 32.4 Å². The number of carbonyl (C=O) groups excluding carboxylic acids is 1. The highest BCUT2D eigenvalue weighted by Crippen LogP contribution is 2.34. The molecule has 1 unspecified atom stereocenters. The molecule has 7 nitrogen and oxygen atoms in total. The maximum Gasteiger partial charge on any atom is 0.267 e. The Balaban J connectivity index is 1.48. The maximum atomic E-state index is 12.6. The monoisotopic (exact) mass is 402 g/mol. The number of hydrogen-bond acceptors (Lipinski definition) is 5. The summed E-state index contributed by atoms with van der Waals surface area (Å²) in [6.07, 6.45) is 2.45. The summed E-state index contributed by atoms with van der Waals surface area (Å²) in [5.41, 5.74) is 0.476. The predicted octanol–water partition coefficient (Wildman–Crippen LogP) is 2.64. The molecule has 2 aliphatic heterocycles. The van der Waals surface area contributed by atoms with Gasteiger partial charge in [-0.15, -0.1) is 0 Å². The molecule has 1 fully saturated rings. The van der Waals surface area contributed by atoms with Crippen molar-refractivity contribution in [3.8, 4) is 11.5 Å². The molecule has 0 spiro atoms. The Morgan fingerprint density at radius 2 is 1.75 bits per heavy atom. The number of sulfonamides is 1. The number of anilines is 1. The largest absolute Gasteiger partial charge is 0.485 e. The first kappa shape index (κ1) is 18.6. The zero-order valence-electron chi connectivity index (χ0n) is 15.3. The van der Waals surface area contributed by atoms with Gasteiger partial charge in [-0.2, -0.15) is 0 Å². The molecule has 1 atom stereocenters. The highest BCUT2D eigenvalue weighted by molar-refractivity contribution is 7.92. The number of ether oxygens (including phenoxy) is 2. The molecule has 1 saturated heterocycles. The number of hydrogen-bond donors (Lipinski definition) is 1. The van der Waals surface area contributed by atoms with Crippen molar-refractivity contribution in [3.63, 3.8) is 0 Å². The van der Waals surface area contributed by atoms with Gasteiger partial charge in [-0.1, -0.05) is 18.2 Å². The third kappa shape index (κ3) is 3.91. The third-order valence-corrected chi connectivity index (χ3v) is 6.23. The average molecular weight is 402 g/mol. The Bertz CT molecular complexity index is 956. The van der Waals surface area contributed by atoms with Gasteiger partial charge >= 0.3 is 0 Å². The number of para-hydroxylation sites is 1. The molecule has 0 bridgehead atoms. The van der Waals surface area contributed by atoms with Gasteiger partial charge in [-0.25, -0.2) is 8.42 Å². The smallest absolute Gasteiger partial charge is 0.267 e. The van der Waals surface area contributed by atoms with Crippen LogP contribution in [0.15, 0.2) is 53.4 Å². The molecule has 4 rings (SSSR count). The number of amides is 1. The van der Waals surface area contributed by atoms with Crippen molar-refractivity contribution in [2.45, 2.75) is 30.3 Å². The van der Waals surface area contributed by atoms with E-state index in [0.29, 0.717) is 17.2 Å². The van der Waals surface area contributed by atoms with Crippen LogP contribution >= 0.6 is 0 Å². The third-order valence-electron chi connectivity index (χ3n) is 4.85. The number of nitrogens with zero attached hydrogens (tertiary/aromatic N) is 1. The van der Waals surface area contributed by atoms with Crippen LogP contribution in [0.4, 0.5) is 5.69 Å². The molecule has 8 heteroatoms. The van der Waals surface area contributed by atoms with Gasteiger partial charge in [0.1, 0.15) is 6.61 Å². The fourth-order valence-electron chi connectivity index (χ4n) is 3.38. The minimum absolute atomic E-state index is 0.0674. The molecule has 0 aromatic heterocycles. The molecule has 148 valence electrons. The van der Waals surface area contributed by atoms with Crippen molar-refractivity contribution < 1.29 is 22.7 Å². The van der Waals surface area contributed by atoms with Crippen LogP contribution in [0.25, 0.3) is 0 Å². The molecule has 0 saturated carbocycles. The molecule has 1 amide bonds. The highest BCUT2D eigenvalue weighted by atomic mass is 32.2. The summed E-state index contributed by atoms with van der Waals surface area (Å²) in [5, 5.41) is 0. The normalized spacial score (nSPS) is 19.1. The summed E-state index contributed by atoms with van der Waals surface area (Å²) in [6, 6.07) is 13.1. The molecule has 2 heterocycles. The van der Waals surface area contributed by atoms with Gasteiger partial charge in [0.15, 0.2) is 11.5 Å². The number of benzene rings is 2. The minimum atomic E-state index is -3.75. The summed E-state index contributed by atoms with van der Waals surface area (Å²) < 4.78 is 39.2. The summed E-state index contributed by atoms with van der Waals surface area (Å²) in [5.74, 6) is 0.617. The van der Waals surface area contributed by atoms with Crippen LogP contribution in [0.2, 0.25) is 0 Å². The fourth-order valence-corrected chi connectivity index (χ4v) is 4.45. The molecular formula is C20H22N2O5S. The molecule has 28 heavy (non-hydrogen) atoms. The van der Waals surface area contributed by atoms with Crippen LogP contribution in [0.5, 0.6) is 11.5 Å². The summed E-state index contributed by atoms with van der Waals surface area (Å²) >= 11 is 0. The second kappa shape index (κ2) is 7.71. The SMILES string of the molecule is O=C(C1COc2cc(S(=O)(=O)Nc3ccccc3)ccc2O1)N1CCCCC1. The van der Waals surface area contributed by atoms with Crippen LogP contribution in [0.3, 0.4) is 0 Å². The number of piperidine rings is 1. The highest BCUT2D eigenvalue weighted by Gasteiger charge is 2.32. The van der Waals surface area contributed by atoms with Crippen molar-refractivity contribution in [1.29, 1.82) is 0 Å². The quantitative estimate of drug-likeness (QED) is 0.850. The van der Waals surface area contributed by atoms with Crippen molar-refractivity contribution in [3.05, 3.63) is 48.5 Å². The van der Waals surface area contributed by atoms with Gasteiger partial charge in [0.2, 0.25) is 6.10 Å². The minimum Gasteiger partial charge on any atom is -0.485 e. The Hall–Kier alpha value is -2.74. The van der Waals surface area contributed by atoms with Crippen LogP contribution < -0.4 is 14.2 Å². The van der Waals surface area contributed by atoms with Gasteiger partial charge in [-0.3, -0.25) is 9.52 Å². The van der Waals surface area contributed by atoms with Crippen molar-refractivity contribution in [1.82, 2.24) is 4.90 Å². The zero-order chi connectivity index (χ0) is 19.6. The Labute approximate surface area is 164 Å². The number of carbonyl (C=O) groups is 1. The predicted molar refractivity (Wildman–Crippen MR) is 104 cm³/mol. The molecular weight excluding hydrogens is 380 g/mol. The lowest BCUT2D eigenvalue weighted by molar-refractivity contribution is -0.142. The van der Waals surface area contributed by atoms with E-state index in [-0.39, 0.29) is 17.4 Å². The Morgan fingerprint density at radius 1 is 1.00 bits per heavy atom. The fraction of sp³-hybridized carbons (Fsp3) is 0.350. The van der Waals surface area contributed by atoms with E-state index in [9.17, 15) is 13.2 Å². The summed E-state index contributed by atoms with van der Waals surface area (Å²) in [4.78, 5) is 14.5. The number of rotatable bonds is 4. The lowest BCUT2D eigenvalue weighted by Gasteiger charge is -2.32. The van der Waals surface area contributed by atoms with Crippen LogP contribution in [0, 0.1) is 0 Å². The maximum absolute atomic E-state index is 12.6. The second-order valence-corrected chi connectivity index (χ2v) is 8.57. The lowest BCUT2D eigenvalue weighted by Crippen LogP contribution is -2.48. The van der Waals surface area contributed by atoms with Crippen molar-refractivity contribution in [2.75, 3.05) is 24.4 Å². The van der Waals surface area contributed by atoms with Crippen LogP contribution in [0.1, 0.15) is 19.3 Å². The Morgan fingerprint density at radius 3 is 2.50 bits per heavy atom. The summed E-state index contributed by atoms with van der Waals surface area (Å²) in [6.45, 7) is 1.56. The van der Waals surface area contributed by atoms with Gasteiger partial charge in [-0.05, 0) is 43.5 Å². The molecule has 2 aromatic rings. The Kier molecular flexibility index (Phi) is 5.13. The van der Waals surface area contributed by atoms with Gasteiger partial charge in [0.05, 0.1) is 4.90 Å². The van der Waals surface area contributed by atoms with Crippen molar-refractivity contribution >= 4 is 21.6 Å². The van der Waals surface area contributed by atoms with E-state index in [1.807, 2.05) is 11.0 Å². The molecule has 0 aliphatic carbocycles. The van der Waals surface area contributed by atoms with E-state index in [1.165, 1.54) is 18.2 Å². The lowest BCUT2D eigenvalue weighted by atomic mass is 10.1. The van der Waals surface area contributed by atoms with Gasteiger partial charge in [0.25, 0.3) is 15.9 Å². The first-order valence-corrected chi connectivity index (χ1v) is 10.8. The van der Waals surface area contributed by atoms with Crippen molar-refractivity contribution in [2.24, 2.45) is 0 Å². The van der Waals surface area contributed by atoms with E-state index in [2.05, 4.69) is 4.72 Å². The molecule has 2 aromatic carbocycles. The number of nitrogens with one attached hydrogen (secondary N) is 1. The first-order valence-electron chi connectivity index (χ1n) is 9.33. The van der Waals surface area contributed by atoms with Crippen LogP contribution in [-0.4, -0.2) is 45.0 Å². The van der Waals surface area contributed by atoms with E-state index >= 15 is 0 Å². The van der Waals surface area contributed by atoms with E-state index < -0.39 is 16.1 Å². The average Bonchev–Trinajstić information content (AvgIpc) is 2.73. The van der Waals surface area contributed by atoms with E-state index in [4.69, 9.17) is 9.47 Å². The van der Waals surface area contributed by atoms with Gasteiger partial charge < -0.3 is 14.4 Å². The molecule has 1 N–H and O–H groups in total. The first-order chi connectivity index (χ1) is 13.5. The topological polar surface area (TPSA) is 84.9 Å². The van der Waals surface area contributed by atoms with Crippen LogP contribution in [-0.2, 0) is 14.8 Å². The molecule has 2 aliphatic rings. The van der Waals surface area contributed by atoms with E-state index in [1.54, 1.807) is 24.3 Å². The zero-order valence-corrected chi connectivity index (χ0v) is 16.2. The standard InChI is InChI=1S/C20H22N2O5S/c23-20(22-11-5-2-6-12-22)19-14-26-18-13-16(9-10-17(18)27-19)28(24,25)21-15-7-3-1-4-8-15/h1,3-4,7-10,13,19,21H,2,5-6,11-12,14H2.